The Kier molecular flexibility index (Phi) is 13.1. The summed E-state index contributed by atoms with van der Waals surface area (Å²) < 4.78 is 16.0. The molecule has 0 bridgehead atoms. The molecule has 1 unspecified atom stereocenters. The van der Waals surface area contributed by atoms with Gasteiger partial charge in [-0.1, -0.05) is 89.0 Å². The van der Waals surface area contributed by atoms with Crippen molar-refractivity contribution in [1.82, 2.24) is 6.15 Å². The summed E-state index contributed by atoms with van der Waals surface area (Å²) in [5.41, 5.74) is 0.841. The van der Waals surface area contributed by atoms with Crippen molar-refractivity contribution in [1.29, 1.82) is 0 Å². The number of rotatable bonds is 14. The summed E-state index contributed by atoms with van der Waals surface area (Å²) in [6, 6.07) is 7.72. The molecule has 1 aromatic rings. The Morgan fingerprint density at radius 3 is 1.96 bits per heavy atom. The second-order valence-electron chi connectivity index (χ2n) is 7.66. The molecule has 0 aliphatic heterocycles. The Morgan fingerprint density at radius 2 is 1.44 bits per heavy atom. The van der Waals surface area contributed by atoms with Crippen LogP contribution >= 0.6 is 7.82 Å². The van der Waals surface area contributed by atoms with Gasteiger partial charge in [-0.2, -0.15) is 0 Å². The largest absolute Gasteiger partial charge is 0.756 e. The molecule has 0 heterocycles. The van der Waals surface area contributed by atoms with Gasteiger partial charge in [0.05, 0.1) is 5.60 Å². The van der Waals surface area contributed by atoms with Crippen molar-refractivity contribution in [2.45, 2.75) is 97.0 Å². The normalized spacial score (nSPS) is 13.8. The summed E-state index contributed by atoms with van der Waals surface area (Å²) in [5, 5.41) is 0. The fourth-order valence-electron chi connectivity index (χ4n) is 3.47. The fourth-order valence-corrected chi connectivity index (χ4v) is 4.14. The van der Waals surface area contributed by atoms with E-state index in [9.17, 15) is 9.46 Å². The SMILES string of the molecule is CCCCCCCCCCCCc1ccccc1C(C)(C)OP(=O)([O-])O.[NH4+]. The molecule has 0 radical (unpaired) electrons. The van der Waals surface area contributed by atoms with Gasteiger partial charge in [-0.15, -0.1) is 0 Å². The lowest BCUT2D eigenvalue weighted by molar-refractivity contribution is -0.230. The second-order valence-corrected chi connectivity index (χ2v) is 8.78. The van der Waals surface area contributed by atoms with E-state index >= 15 is 0 Å². The highest BCUT2D eigenvalue weighted by Crippen LogP contribution is 2.42. The van der Waals surface area contributed by atoms with Gasteiger partial charge >= 0.3 is 0 Å². The molecule has 0 amide bonds. The molecule has 5 N–H and O–H groups in total. The highest BCUT2D eigenvalue weighted by molar-refractivity contribution is 7.44. The molecule has 0 saturated carbocycles. The van der Waals surface area contributed by atoms with Gasteiger partial charge in [-0.05, 0) is 37.8 Å². The standard InChI is InChI=1S/C21H37O4P.H3N/c1-4-5-6-7-8-9-10-11-12-13-16-19-17-14-15-18-20(19)21(2,3)25-26(22,23)24;/h14-15,17-18H,4-13,16H2,1-3H3,(H2,22,23,24);1H3. The van der Waals surface area contributed by atoms with E-state index in [-0.39, 0.29) is 6.15 Å². The maximum absolute atomic E-state index is 11.1. The average molecular weight is 402 g/mol. The number of aryl methyl sites for hydroxylation is 1. The van der Waals surface area contributed by atoms with Crippen molar-refractivity contribution in [3.63, 3.8) is 0 Å². The fraction of sp³-hybridized carbons (Fsp3) is 0.714. The molecule has 0 fully saturated rings. The Bertz CT molecular complexity index is 557. The minimum absolute atomic E-state index is 0. The molecule has 0 saturated heterocycles. The zero-order chi connectivity index (χ0) is 19.5. The molecule has 0 spiro atoms. The number of hydrogen-bond acceptors (Lipinski definition) is 3. The lowest BCUT2D eigenvalue weighted by Crippen LogP contribution is -2.24. The van der Waals surface area contributed by atoms with Gasteiger partial charge in [-0.25, -0.2) is 0 Å². The summed E-state index contributed by atoms with van der Waals surface area (Å²) in [5.74, 6) is 0. The molecule has 1 aromatic carbocycles. The average Bonchev–Trinajstić information content (AvgIpc) is 2.55. The third-order valence-corrected chi connectivity index (χ3v) is 5.50. The van der Waals surface area contributed by atoms with Gasteiger partial charge in [0, 0.05) is 0 Å². The highest BCUT2D eigenvalue weighted by Gasteiger charge is 2.27. The maximum atomic E-state index is 11.1. The number of phosphoric acid groups is 1. The highest BCUT2D eigenvalue weighted by atomic mass is 31.2. The van der Waals surface area contributed by atoms with Crippen LogP contribution < -0.4 is 11.0 Å². The maximum Gasteiger partial charge on any atom is 0.266 e. The molecule has 158 valence electrons. The second kappa shape index (κ2) is 13.5. The zero-order valence-corrected chi connectivity index (χ0v) is 18.6. The van der Waals surface area contributed by atoms with Gasteiger partial charge in [0.1, 0.15) is 0 Å². The zero-order valence-electron chi connectivity index (χ0n) is 17.7. The third kappa shape index (κ3) is 11.7. The summed E-state index contributed by atoms with van der Waals surface area (Å²) in [6.07, 6.45) is 13.8. The van der Waals surface area contributed by atoms with Crippen molar-refractivity contribution in [3.05, 3.63) is 35.4 Å². The predicted octanol–water partition coefficient (Wildman–Crippen LogP) is 6.24. The van der Waals surface area contributed by atoms with Crippen molar-refractivity contribution in [2.24, 2.45) is 0 Å². The number of unbranched alkanes of at least 4 members (excludes halogenated alkanes) is 9. The quantitative estimate of drug-likeness (QED) is 0.284. The predicted molar refractivity (Wildman–Crippen MR) is 112 cm³/mol. The van der Waals surface area contributed by atoms with E-state index in [0.29, 0.717) is 0 Å². The number of quaternary nitrogens is 1. The van der Waals surface area contributed by atoms with E-state index in [1.165, 1.54) is 57.8 Å². The van der Waals surface area contributed by atoms with Gasteiger partial charge in [0.2, 0.25) is 0 Å². The van der Waals surface area contributed by atoms with E-state index in [4.69, 9.17) is 9.42 Å². The molecule has 6 heteroatoms. The van der Waals surface area contributed by atoms with E-state index in [1.54, 1.807) is 13.8 Å². The Morgan fingerprint density at radius 1 is 0.963 bits per heavy atom. The van der Waals surface area contributed by atoms with E-state index in [2.05, 4.69) is 6.92 Å². The van der Waals surface area contributed by atoms with Crippen LogP contribution in [-0.2, 0) is 21.1 Å². The molecule has 1 rings (SSSR count). The van der Waals surface area contributed by atoms with E-state index < -0.39 is 13.4 Å². The number of hydrogen-bond donors (Lipinski definition) is 2. The van der Waals surface area contributed by atoms with Crippen LogP contribution in [0.5, 0.6) is 0 Å². The molecule has 27 heavy (non-hydrogen) atoms. The van der Waals surface area contributed by atoms with Crippen LogP contribution in [0.4, 0.5) is 0 Å². The summed E-state index contributed by atoms with van der Waals surface area (Å²) in [6.45, 7) is 5.59. The molecule has 0 aliphatic carbocycles. The topological polar surface area (TPSA) is 106 Å². The minimum atomic E-state index is -4.78. The summed E-state index contributed by atoms with van der Waals surface area (Å²) >= 11 is 0. The van der Waals surface area contributed by atoms with Crippen LogP contribution in [-0.4, -0.2) is 4.89 Å². The third-order valence-electron chi connectivity index (χ3n) is 4.81. The lowest BCUT2D eigenvalue weighted by atomic mass is 9.90. The summed E-state index contributed by atoms with van der Waals surface area (Å²) in [4.78, 5) is 20.2. The van der Waals surface area contributed by atoms with Crippen LogP contribution in [0.3, 0.4) is 0 Å². The first-order valence-corrected chi connectivity index (χ1v) is 11.6. The van der Waals surface area contributed by atoms with Gasteiger partial charge in [0.25, 0.3) is 7.82 Å². The van der Waals surface area contributed by atoms with Crippen molar-refractivity contribution >= 4 is 7.82 Å². The van der Waals surface area contributed by atoms with Crippen LogP contribution in [0.1, 0.15) is 96.1 Å². The van der Waals surface area contributed by atoms with Crippen molar-refractivity contribution in [3.8, 4) is 0 Å². The molecular formula is C21H40NO4P. The van der Waals surface area contributed by atoms with E-state index in [0.717, 1.165) is 24.0 Å². The van der Waals surface area contributed by atoms with Crippen LogP contribution in [0.2, 0.25) is 0 Å². The lowest BCUT2D eigenvalue weighted by Gasteiger charge is -2.32. The minimum Gasteiger partial charge on any atom is -0.756 e. The van der Waals surface area contributed by atoms with E-state index in [1.807, 2.05) is 24.3 Å². The molecule has 1 atom stereocenters. The molecule has 0 aliphatic rings. The Hall–Kier alpha value is -0.710. The molecular weight excluding hydrogens is 361 g/mol. The van der Waals surface area contributed by atoms with Crippen LogP contribution in [0.25, 0.3) is 0 Å². The number of benzene rings is 1. The van der Waals surface area contributed by atoms with Crippen LogP contribution in [0.15, 0.2) is 24.3 Å². The number of phosphoric ester groups is 1. The molecule has 5 nitrogen and oxygen atoms in total. The first-order chi connectivity index (χ1) is 12.3. The van der Waals surface area contributed by atoms with Crippen LogP contribution in [0, 0.1) is 0 Å². The van der Waals surface area contributed by atoms with Gasteiger partial charge in [-0.3, -0.25) is 4.57 Å². The van der Waals surface area contributed by atoms with Crippen molar-refractivity contribution in [2.75, 3.05) is 0 Å². The van der Waals surface area contributed by atoms with Gasteiger partial charge in [0.15, 0.2) is 0 Å². The summed E-state index contributed by atoms with van der Waals surface area (Å²) in [7, 11) is -4.78. The van der Waals surface area contributed by atoms with Gasteiger partial charge < -0.3 is 20.5 Å². The van der Waals surface area contributed by atoms with Crippen molar-refractivity contribution < 1.29 is 18.9 Å². The smallest absolute Gasteiger partial charge is 0.266 e. The first kappa shape index (κ1) is 26.3. The monoisotopic (exact) mass is 401 g/mol. The Balaban J connectivity index is 0.00000676. The Labute approximate surface area is 165 Å². The first-order valence-electron chi connectivity index (χ1n) is 10.1. The molecule has 0 aromatic heterocycles.